The third-order valence-corrected chi connectivity index (χ3v) is 9.14. The van der Waals surface area contributed by atoms with E-state index < -0.39 is 51.5 Å². The van der Waals surface area contributed by atoms with Crippen molar-refractivity contribution in [2.45, 2.75) is 70.7 Å². The Balaban J connectivity index is 1.43. The number of imide groups is 1. The zero-order chi connectivity index (χ0) is 36.2. The van der Waals surface area contributed by atoms with Crippen LogP contribution in [-0.2, 0) is 37.3 Å². The predicted molar refractivity (Wildman–Crippen MR) is 186 cm³/mol. The lowest BCUT2D eigenvalue weighted by atomic mass is 9.82. The van der Waals surface area contributed by atoms with Gasteiger partial charge in [0.1, 0.15) is 23.2 Å². The minimum atomic E-state index is -4.00. The van der Waals surface area contributed by atoms with Gasteiger partial charge in [-0.3, -0.25) is 24.1 Å². The van der Waals surface area contributed by atoms with Gasteiger partial charge in [0.2, 0.25) is 15.9 Å². The van der Waals surface area contributed by atoms with Crippen LogP contribution in [-0.4, -0.2) is 78.7 Å². The number of likely N-dealkylation sites (tertiary alicyclic amines) is 2. The van der Waals surface area contributed by atoms with Crippen molar-refractivity contribution in [2.24, 2.45) is 5.92 Å². The number of ether oxygens (including phenoxy) is 2. The summed E-state index contributed by atoms with van der Waals surface area (Å²) in [6.45, 7) is 5.75. The number of nitrogens with one attached hydrogen (secondary N) is 1. The molecule has 5 amide bonds. The Bertz CT molecular complexity index is 1830. The maximum absolute atomic E-state index is 14.0. The second-order valence-corrected chi connectivity index (χ2v) is 15.3. The van der Waals surface area contributed by atoms with Crippen molar-refractivity contribution < 1.29 is 37.1 Å². The van der Waals surface area contributed by atoms with Gasteiger partial charge in [-0.15, -0.1) is 0 Å². The Morgan fingerprint density at radius 1 is 1.00 bits per heavy atom. The van der Waals surface area contributed by atoms with Gasteiger partial charge in [-0.2, -0.15) is 0 Å². The molecule has 1 unspecified atom stereocenters. The number of carbonyl (C=O) groups is 4. The number of hydrogen-bond donors (Lipinski definition) is 1. The van der Waals surface area contributed by atoms with Gasteiger partial charge in [0, 0.05) is 12.7 Å². The highest BCUT2D eigenvalue weighted by Gasteiger charge is 2.56. The minimum absolute atomic E-state index is 0.0210. The topological polar surface area (TPSA) is 156 Å². The summed E-state index contributed by atoms with van der Waals surface area (Å²) in [6.07, 6.45) is 3.96. The molecule has 5 rings (SSSR count). The summed E-state index contributed by atoms with van der Waals surface area (Å²) < 4.78 is 37.1. The quantitative estimate of drug-likeness (QED) is 0.309. The van der Waals surface area contributed by atoms with E-state index in [4.69, 9.17) is 9.47 Å². The minimum Gasteiger partial charge on any atom is -0.497 e. The summed E-state index contributed by atoms with van der Waals surface area (Å²) in [6, 6.07) is 17.6. The Kier molecular flexibility index (Phi) is 10.8. The Morgan fingerprint density at radius 2 is 1.70 bits per heavy atom. The van der Waals surface area contributed by atoms with E-state index >= 15 is 0 Å². The lowest BCUT2D eigenvalue weighted by Gasteiger charge is -2.48. The van der Waals surface area contributed by atoms with Gasteiger partial charge < -0.3 is 14.4 Å². The van der Waals surface area contributed by atoms with Crippen LogP contribution in [0.4, 0.5) is 15.4 Å². The predicted octanol–water partition coefficient (Wildman–Crippen LogP) is 4.82. The number of carbonyl (C=O) groups excluding carboxylic acids is 4. The van der Waals surface area contributed by atoms with Gasteiger partial charge in [-0.25, -0.2) is 23.0 Å². The molecule has 2 aliphatic rings. The average Bonchev–Trinajstić information content (AvgIpc) is 3.07. The molecule has 14 heteroatoms. The van der Waals surface area contributed by atoms with Crippen LogP contribution >= 0.6 is 0 Å². The molecule has 1 N–H and O–H groups in total. The Hall–Kier alpha value is -4.98. The number of hydrogen-bond acceptors (Lipinski definition) is 9. The summed E-state index contributed by atoms with van der Waals surface area (Å²) in [5.74, 6) is -1.72. The highest BCUT2D eigenvalue weighted by Crippen LogP contribution is 2.37. The molecule has 2 fully saturated rings. The van der Waals surface area contributed by atoms with E-state index in [-0.39, 0.29) is 24.8 Å². The number of urea groups is 1. The first-order valence-electron chi connectivity index (χ1n) is 16.4. The lowest BCUT2D eigenvalue weighted by Crippen LogP contribution is -2.71. The standard InChI is InChI=1S/C36H43N5O8S/c1-36(2,3)49-35(45)40(23-24-14-16-27(48-4)17-15-24)30-22-25(18-19-37-30)21-28-31(32(42)38-50(5,46)47)41(33(28)43)34(44)39-20-10-9-13-29(39)26-11-7-6-8-12-26/h6-8,11-12,14-19,22,28-29,31H,9-10,13,20-21,23H2,1-5H3,(H,38,42)/t28-,29?,31+/m1/s1. The zero-order valence-corrected chi connectivity index (χ0v) is 29.7. The molecule has 3 atom stereocenters. The van der Waals surface area contributed by atoms with Crippen LogP contribution in [0.3, 0.4) is 0 Å². The van der Waals surface area contributed by atoms with Gasteiger partial charge in [-0.05, 0) is 87.4 Å². The molecule has 0 radical (unpaired) electrons. The monoisotopic (exact) mass is 705 g/mol. The second kappa shape index (κ2) is 14.9. The lowest BCUT2D eigenvalue weighted by molar-refractivity contribution is -0.158. The van der Waals surface area contributed by atoms with E-state index in [1.807, 2.05) is 47.2 Å². The van der Waals surface area contributed by atoms with Crippen molar-refractivity contribution in [1.29, 1.82) is 0 Å². The van der Waals surface area contributed by atoms with E-state index in [0.717, 1.165) is 35.1 Å². The van der Waals surface area contributed by atoms with Gasteiger partial charge in [-0.1, -0.05) is 42.5 Å². The summed E-state index contributed by atoms with van der Waals surface area (Å²) in [5.41, 5.74) is 1.43. The van der Waals surface area contributed by atoms with Crippen LogP contribution in [0, 0.1) is 5.92 Å². The first-order valence-corrected chi connectivity index (χ1v) is 18.3. The zero-order valence-electron chi connectivity index (χ0n) is 28.9. The van der Waals surface area contributed by atoms with Gasteiger partial charge in [0.05, 0.1) is 31.9 Å². The SMILES string of the molecule is COc1ccc(CN(C(=O)OC(C)(C)C)c2cc(C[C@H]3C(=O)N(C(=O)N4CCCCC4c4ccccc4)[C@@H]3C(=O)NS(C)(=O)=O)ccn2)cc1. The summed E-state index contributed by atoms with van der Waals surface area (Å²) in [7, 11) is -2.44. The van der Waals surface area contributed by atoms with E-state index in [0.29, 0.717) is 24.3 Å². The smallest absolute Gasteiger partial charge is 0.416 e. The molecule has 13 nitrogen and oxygen atoms in total. The highest BCUT2D eigenvalue weighted by atomic mass is 32.2. The highest BCUT2D eigenvalue weighted by molar-refractivity contribution is 7.89. The molecule has 2 saturated heterocycles. The summed E-state index contributed by atoms with van der Waals surface area (Å²) in [4.78, 5) is 62.9. The number of methoxy groups -OCH3 is 1. The number of β-lactam (4-membered cyclic amide) rings is 1. The Morgan fingerprint density at radius 3 is 2.34 bits per heavy atom. The molecular formula is C36H43N5O8S. The maximum atomic E-state index is 14.0. The number of pyridine rings is 1. The number of piperidine rings is 1. The van der Waals surface area contributed by atoms with E-state index in [1.54, 1.807) is 57.0 Å². The summed E-state index contributed by atoms with van der Waals surface area (Å²) >= 11 is 0. The van der Waals surface area contributed by atoms with Crippen molar-refractivity contribution in [3.63, 3.8) is 0 Å². The fourth-order valence-electron chi connectivity index (χ4n) is 6.28. The fraction of sp³-hybridized carbons (Fsp3) is 0.417. The van der Waals surface area contributed by atoms with Crippen LogP contribution in [0.25, 0.3) is 0 Å². The number of aromatic nitrogens is 1. The number of sulfonamides is 1. The first-order chi connectivity index (χ1) is 23.6. The normalized spacial score (nSPS) is 19.3. The van der Waals surface area contributed by atoms with Gasteiger partial charge >= 0.3 is 12.1 Å². The second-order valence-electron chi connectivity index (χ2n) is 13.5. The molecule has 0 bridgehead atoms. The molecule has 0 spiro atoms. The molecule has 2 aromatic carbocycles. The van der Waals surface area contributed by atoms with Crippen LogP contribution < -0.4 is 14.4 Å². The van der Waals surface area contributed by atoms with E-state index in [9.17, 15) is 27.6 Å². The van der Waals surface area contributed by atoms with Crippen LogP contribution in [0.1, 0.15) is 62.8 Å². The Labute approximate surface area is 292 Å². The number of nitrogens with zero attached hydrogens (tertiary/aromatic N) is 4. The molecule has 0 aliphatic carbocycles. The first kappa shape index (κ1) is 36.3. The molecule has 50 heavy (non-hydrogen) atoms. The molecular weight excluding hydrogens is 662 g/mol. The maximum Gasteiger partial charge on any atom is 0.416 e. The molecule has 0 saturated carbocycles. The van der Waals surface area contributed by atoms with Gasteiger partial charge in [0.25, 0.3) is 5.91 Å². The third-order valence-electron chi connectivity index (χ3n) is 8.56. The van der Waals surface area contributed by atoms with Crippen molar-refractivity contribution in [3.8, 4) is 5.75 Å². The van der Waals surface area contributed by atoms with Crippen molar-refractivity contribution >= 4 is 39.8 Å². The molecule has 3 aromatic rings. The van der Waals surface area contributed by atoms with E-state index in [2.05, 4.69) is 4.98 Å². The van der Waals surface area contributed by atoms with Crippen molar-refractivity contribution in [3.05, 3.63) is 89.6 Å². The van der Waals surface area contributed by atoms with Crippen molar-refractivity contribution in [1.82, 2.24) is 19.5 Å². The van der Waals surface area contributed by atoms with Crippen LogP contribution in [0.15, 0.2) is 72.9 Å². The number of anilines is 1. The number of rotatable bonds is 9. The van der Waals surface area contributed by atoms with Crippen LogP contribution in [0.2, 0.25) is 0 Å². The number of benzene rings is 2. The van der Waals surface area contributed by atoms with Gasteiger partial charge in [0.15, 0.2) is 0 Å². The molecule has 2 aliphatic heterocycles. The van der Waals surface area contributed by atoms with Crippen molar-refractivity contribution in [2.75, 3.05) is 24.8 Å². The van der Waals surface area contributed by atoms with Crippen LogP contribution in [0.5, 0.6) is 5.75 Å². The largest absolute Gasteiger partial charge is 0.497 e. The summed E-state index contributed by atoms with van der Waals surface area (Å²) in [5, 5.41) is 0. The number of amides is 5. The molecule has 3 heterocycles. The average molecular weight is 706 g/mol. The third kappa shape index (κ3) is 8.59. The molecule has 266 valence electrons. The fourth-order valence-corrected chi connectivity index (χ4v) is 6.77. The van der Waals surface area contributed by atoms with E-state index in [1.165, 1.54) is 11.1 Å². The molecule has 1 aromatic heterocycles.